The van der Waals surface area contributed by atoms with E-state index in [1.807, 2.05) is 18.2 Å². The van der Waals surface area contributed by atoms with Crippen LogP contribution in [0.1, 0.15) is 21.5 Å². The van der Waals surface area contributed by atoms with E-state index in [0.29, 0.717) is 22.1 Å². The van der Waals surface area contributed by atoms with Crippen molar-refractivity contribution in [3.63, 3.8) is 0 Å². The summed E-state index contributed by atoms with van der Waals surface area (Å²) >= 11 is 5.98. The van der Waals surface area contributed by atoms with Gasteiger partial charge >= 0.3 is 0 Å². The zero-order chi connectivity index (χ0) is 25.6. The van der Waals surface area contributed by atoms with Crippen molar-refractivity contribution in [3.8, 4) is 17.2 Å². The molecule has 35 heavy (non-hydrogen) atoms. The first kappa shape index (κ1) is 26.2. The fourth-order valence-corrected chi connectivity index (χ4v) is 4.53. The van der Waals surface area contributed by atoms with Gasteiger partial charge in [-0.15, -0.1) is 0 Å². The summed E-state index contributed by atoms with van der Waals surface area (Å²) in [6.45, 7) is 0.158. The second kappa shape index (κ2) is 11.3. The van der Waals surface area contributed by atoms with Gasteiger partial charge in [-0.25, -0.2) is 8.42 Å². The predicted molar refractivity (Wildman–Crippen MR) is 136 cm³/mol. The largest absolute Gasteiger partial charge is 0.496 e. The second-order valence-electron chi connectivity index (χ2n) is 7.61. The van der Waals surface area contributed by atoms with Gasteiger partial charge in [0, 0.05) is 23.2 Å². The first-order chi connectivity index (χ1) is 16.7. The Kier molecular flexibility index (Phi) is 8.48. The molecule has 3 aromatic rings. The Labute approximate surface area is 210 Å². The standard InChI is InChI=1S/C25H27ClN2O6S/c1-32-22-8-6-5-7-18(22)15-27-25(29)20-13-23(33-2)24(34-3)14-21(20)28(35(4,30)31)16-17-9-11-19(26)12-10-17/h5-14H,15-16H2,1-4H3,(H,27,29). The average Bonchev–Trinajstić information content (AvgIpc) is 2.85. The Balaban J connectivity index is 2.05. The summed E-state index contributed by atoms with van der Waals surface area (Å²) in [6.07, 6.45) is 1.08. The summed E-state index contributed by atoms with van der Waals surface area (Å²) in [5, 5.41) is 3.37. The van der Waals surface area contributed by atoms with Crippen molar-refractivity contribution in [3.05, 3.63) is 82.4 Å². The van der Waals surface area contributed by atoms with Crippen LogP contribution in [0.4, 0.5) is 5.69 Å². The number of para-hydroxylation sites is 1. The molecule has 0 aromatic heterocycles. The number of hydrogen-bond acceptors (Lipinski definition) is 6. The molecule has 0 unspecified atom stereocenters. The molecule has 3 aromatic carbocycles. The molecule has 186 valence electrons. The van der Waals surface area contributed by atoms with Gasteiger partial charge in [0.1, 0.15) is 5.75 Å². The van der Waals surface area contributed by atoms with Crippen molar-refractivity contribution in [2.45, 2.75) is 13.1 Å². The minimum absolute atomic E-state index is 0.0156. The zero-order valence-corrected chi connectivity index (χ0v) is 21.4. The third kappa shape index (κ3) is 6.37. The minimum Gasteiger partial charge on any atom is -0.496 e. The van der Waals surface area contributed by atoms with Crippen LogP contribution in [0.3, 0.4) is 0 Å². The summed E-state index contributed by atoms with van der Waals surface area (Å²) < 4.78 is 43.0. The van der Waals surface area contributed by atoms with Crippen molar-refractivity contribution >= 4 is 33.2 Å². The molecule has 1 amide bonds. The van der Waals surface area contributed by atoms with E-state index >= 15 is 0 Å². The molecule has 0 saturated carbocycles. The summed E-state index contributed by atoms with van der Waals surface area (Å²) in [5.41, 5.74) is 1.72. The summed E-state index contributed by atoms with van der Waals surface area (Å²) in [4.78, 5) is 13.3. The molecular weight excluding hydrogens is 492 g/mol. The number of ether oxygens (including phenoxy) is 3. The molecule has 1 N–H and O–H groups in total. The van der Waals surface area contributed by atoms with Crippen molar-refractivity contribution in [2.24, 2.45) is 0 Å². The van der Waals surface area contributed by atoms with Gasteiger partial charge in [-0.05, 0) is 29.8 Å². The number of benzene rings is 3. The molecule has 0 aliphatic carbocycles. The highest BCUT2D eigenvalue weighted by molar-refractivity contribution is 7.92. The van der Waals surface area contributed by atoms with Gasteiger partial charge in [0.05, 0.1) is 45.4 Å². The number of rotatable bonds is 10. The fraction of sp³-hybridized carbons (Fsp3) is 0.240. The van der Waals surface area contributed by atoms with Gasteiger partial charge in [0.2, 0.25) is 10.0 Å². The SMILES string of the molecule is COc1ccccc1CNC(=O)c1cc(OC)c(OC)cc1N(Cc1ccc(Cl)cc1)S(C)(=O)=O. The number of carbonyl (C=O) groups is 1. The van der Waals surface area contributed by atoms with Crippen LogP contribution in [0.5, 0.6) is 17.2 Å². The van der Waals surface area contributed by atoms with Crippen LogP contribution in [0.15, 0.2) is 60.7 Å². The Morgan fingerprint density at radius 1 is 0.914 bits per heavy atom. The lowest BCUT2D eigenvalue weighted by atomic mass is 10.1. The van der Waals surface area contributed by atoms with Gasteiger partial charge in [0.15, 0.2) is 11.5 Å². The monoisotopic (exact) mass is 518 g/mol. The lowest BCUT2D eigenvalue weighted by molar-refractivity contribution is 0.0951. The number of carbonyl (C=O) groups excluding carboxylic acids is 1. The van der Waals surface area contributed by atoms with E-state index in [1.165, 1.54) is 26.4 Å². The number of halogens is 1. The Hall–Kier alpha value is -3.43. The van der Waals surface area contributed by atoms with E-state index in [9.17, 15) is 13.2 Å². The molecule has 0 fully saturated rings. The highest BCUT2D eigenvalue weighted by Crippen LogP contribution is 2.37. The van der Waals surface area contributed by atoms with Gasteiger partial charge < -0.3 is 19.5 Å². The van der Waals surface area contributed by atoms with Crippen LogP contribution in [0.2, 0.25) is 5.02 Å². The molecule has 10 heteroatoms. The number of nitrogens with zero attached hydrogens (tertiary/aromatic N) is 1. The van der Waals surface area contributed by atoms with E-state index in [1.54, 1.807) is 37.4 Å². The lowest BCUT2D eigenvalue weighted by Crippen LogP contribution is -2.32. The number of hydrogen-bond donors (Lipinski definition) is 1. The molecular formula is C25H27ClN2O6S. The molecule has 0 atom stereocenters. The summed E-state index contributed by atoms with van der Waals surface area (Å²) in [5.74, 6) is 0.713. The van der Waals surface area contributed by atoms with Crippen LogP contribution in [-0.4, -0.2) is 41.9 Å². The molecule has 3 rings (SSSR count). The van der Waals surface area contributed by atoms with Crippen molar-refractivity contribution < 1.29 is 27.4 Å². The maximum atomic E-state index is 13.3. The quantitative estimate of drug-likeness (QED) is 0.431. The molecule has 0 aliphatic rings. The molecule has 0 bridgehead atoms. The van der Waals surface area contributed by atoms with Crippen LogP contribution < -0.4 is 23.8 Å². The minimum atomic E-state index is -3.80. The van der Waals surface area contributed by atoms with E-state index in [0.717, 1.165) is 16.1 Å². The van der Waals surface area contributed by atoms with Crippen molar-refractivity contribution in [1.82, 2.24) is 5.32 Å². The van der Waals surface area contributed by atoms with Crippen LogP contribution >= 0.6 is 11.6 Å². The molecule has 0 heterocycles. The van der Waals surface area contributed by atoms with E-state index in [-0.39, 0.29) is 30.1 Å². The molecule has 0 aliphatic heterocycles. The van der Waals surface area contributed by atoms with Crippen molar-refractivity contribution in [2.75, 3.05) is 31.9 Å². The smallest absolute Gasteiger partial charge is 0.253 e. The third-order valence-electron chi connectivity index (χ3n) is 5.29. The maximum absolute atomic E-state index is 13.3. The van der Waals surface area contributed by atoms with E-state index < -0.39 is 15.9 Å². The first-order valence-corrected chi connectivity index (χ1v) is 12.8. The van der Waals surface area contributed by atoms with Crippen LogP contribution in [0, 0.1) is 0 Å². The van der Waals surface area contributed by atoms with Crippen molar-refractivity contribution in [1.29, 1.82) is 0 Å². The highest BCUT2D eigenvalue weighted by atomic mass is 35.5. The number of sulfonamides is 1. The predicted octanol–water partition coefficient (Wildman–Crippen LogP) is 4.26. The second-order valence-corrected chi connectivity index (χ2v) is 9.96. The number of anilines is 1. The topological polar surface area (TPSA) is 94.2 Å². The van der Waals surface area contributed by atoms with Gasteiger partial charge in [-0.3, -0.25) is 9.10 Å². The molecule has 0 saturated heterocycles. The Bertz CT molecular complexity index is 1300. The van der Waals surface area contributed by atoms with Gasteiger partial charge in [-0.1, -0.05) is 41.9 Å². The van der Waals surface area contributed by atoms with Gasteiger partial charge in [-0.2, -0.15) is 0 Å². The lowest BCUT2D eigenvalue weighted by Gasteiger charge is -2.26. The van der Waals surface area contributed by atoms with E-state index in [4.69, 9.17) is 25.8 Å². The number of methoxy groups -OCH3 is 3. The average molecular weight is 519 g/mol. The maximum Gasteiger partial charge on any atom is 0.253 e. The summed E-state index contributed by atoms with van der Waals surface area (Å²) in [7, 11) is 0.627. The summed E-state index contributed by atoms with van der Waals surface area (Å²) in [6, 6.07) is 17.0. The Morgan fingerprint density at radius 3 is 2.11 bits per heavy atom. The van der Waals surface area contributed by atoms with Crippen LogP contribution in [-0.2, 0) is 23.1 Å². The van der Waals surface area contributed by atoms with Crippen LogP contribution in [0.25, 0.3) is 0 Å². The normalized spacial score (nSPS) is 11.0. The highest BCUT2D eigenvalue weighted by Gasteiger charge is 2.26. The molecule has 8 nitrogen and oxygen atoms in total. The Morgan fingerprint density at radius 2 is 1.51 bits per heavy atom. The first-order valence-electron chi connectivity index (χ1n) is 10.6. The van der Waals surface area contributed by atoms with E-state index in [2.05, 4.69) is 5.32 Å². The zero-order valence-electron chi connectivity index (χ0n) is 19.9. The van der Waals surface area contributed by atoms with Gasteiger partial charge in [0.25, 0.3) is 5.91 Å². The molecule has 0 spiro atoms. The number of nitrogens with one attached hydrogen (secondary N) is 1. The third-order valence-corrected chi connectivity index (χ3v) is 6.67. The fourth-order valence-electron chi connectivity index (χ4n) is 3.51. The number of amides is 1. The molecule has 0 radical (unpaired) electrons.